The van der Waals surface area contributed by atoms with Crippen LogP contribution in [0.2, 0.25) is 0 Å². The van der Waals surface area contributed by atoms with Crippen molar-refractivity contribution in [3.8, 4) is 0 Å². The number of primary amides is 6. The van der Waals surface area contributed by atoms with Crippen LogP contribution in [0.15, 0.2) is 0 Å². The second-order valence-corrected chi connectivity index (χ2v) is 51.8. The van der Waals surface area contributed by atoms with Crippen molar-refractivity contribution in [3.05, 3.63) is 0 Å². The van der Waals surface area contributed by atoms with Crippen molar-refractivity contribution in [2.75, 3.05) is 132 Å². The van der Waals surface area contributed by atoms with Gasteiger partial charge in [-0.2, -0.15) is 75.8 Å². The Hall–Kier alpha value is -5.94. The number of likely N-dealkylation sites (N-methyl/N-ethyl adjacent to an activating group) is 3. The van der Waals surface area contributed by atoms with Gasteiger partial charge in [0.15, 0.2) is 0 Å². The second-order valence-electron chi connectivity index (χ2n) is 37.6. The van der Waals surface area contributed by atoms with E-state index in [1.807, 2.05) is 138 Å². The van der Waals surface area contributed by atoms with Crippen LogP contribution < -0.4 is 98.2 Å². The van der Waals surface area contributed by atoms with Gasteiger partial charge < -0.3 is 98.2 Å². The van der Waals surface area contributed by atoms with Crippen LogP contribution in [0, 0.1) is 52.3 Å². The number of nitrogens with two attached hydrogens (primary N) is 6. The van der Waals surface area contributed by atoms with Gasteiger partial charge in [0.2, 0.25) is 53.2 Å². The Morgan fingerprint density at radius 1 is 0.224 bits per heavy atom. The second kappa shape index (κ2) is 79.2. The lowest BCUT2D eigenvalue weighted by Gasteiger charge is -2.28. The molecule has 0 aromatic carbocycles. The maximum absolute atomic E-state index is 11.5. The van der Waals surface area contributed by atoms with E-state index in [1.54, 1.807) is 21.1 Å². The minimum absolute atomic E-state index is 0.0493. The molecule has 143 heavy (non-hydrogen) atoms. The van der Waals surface area contributed by atoms with Gasteiger partial charge in [-0.3, -0.25) is 84.1 Å². The standard InChI is InChI=1S/C10H22N2O4S.6C9H20N2O4S.2C8H18N2O4S/c1-8(2)7-9(10(13)11-3)12-5-4-6-17(14,15)16;2*1-9(2,3)7(8(10)12)11-5-4-6-16(13,14)15;2*1-7(2)8(9(12)10-3)11-5-4-6-16(13,14)15;2*1-7(2)6-8(9(10)12)11-4-3-5-16(13,14)15;2*1-6(2)7(8(9)11)10-4-3-5-15(12,13)14/h8-9,12H,4-7H2,1-3H3,(H,11,13)(H,14,15,16);2*7,11H,4-6H2,1-3H3,(H2,10,12)(H,13,14,15);2*7-8,11H,4-6H2,1-3H3,(H,10,12)(H,13,14,15);2*7-8,11H,3-6H2,1-2H3,(H2,10,12)(H,13,14,15);2*6-7,10H,3-5H2,1-2H3,(H2,9,11)(H,12,13,14)/t9-;2*7-;4*8-;2*7-/m010101010/s1. The summed E-state index contributed by atoms with van der Waals surface area (Å²) in [6, 6.07) is -3.86. The molecule has 0 bridgehead atoms. The highest BCUT2D eigenvalue weighted by Gasteiger charge is 2.32. The average Bonchev–Trinajstić information content (AvgIpc) is 0.863. The molecule has 0 aliphatic carbocycles. The molecule has 0 aromatic rings. The highest BCUT2D eigenvalue weighted by Crippen LogP contribution is 2.20. The zero-order valence-corrected chi connectivity index (χ0v) is 94.5. The van der Waals surface area contributed by atoms with Crippen LogP contribution in [0.25, 0.3) is 0 Å². The molecule has 0 spiro atoms. The summed E-state index contributed by atoms with van der Waals surface area (Å²) < 4.78 is 264. The van der Waals surface area contributed by atoms with Crippen molar-refractivity contribution < 1.29 is 160 Å². The van der Waals surface area contributed by atoms with Gasteiger partial charge in [-0.25, -0.2) is 0 Å². The topological polar surface area (TPSA) is 943 Å². The van der Waals surface area contributed by atoms with Crippen molar-refractivity contribution >= 4 is 144 Å². The predicted octanol–water partition coefficient (Wildman–Crippen LogP) is -2.99. The van der Waals surface area contributed by atoms with E-state index in [4.69, 9.17) is 75.4 Å². The van der Waals surface area contributed by atoms with E-state index < -0.39 is 163 Å². The molecule has 0 aliphatic heterocycles. The SMILES string of the molecule is CC(C)(C)[C@@H](NCCCS(=O)(=O)O)C(N)=O.CC(C)(C)[C@H](NCCCS(=O)(=O)O)C(N)=O.CC(C)C[C@@H](NCCCS(=O)(=O)O)C(N)=O.CC(C)C[C@H](NCCCS(=O)(=O)O)C(N)=O.CC(C)[C@@H](NCCCS(=O)(=O)O)C(N)=O.CC(C)[C@H](NCCCS(=O)(=O)O)C(N)=O.CNC(=O)[C@@H](NCCCS(=O)(=O)O)C(C)C.CNC(=O)[C@H](CC(C)C)NCCCS(=O)(=O)O.CNC(=O)[C@H](NCCCS(=O)(=O)O)C(C)C. The van der Waals surface area contributed by atoms with Crippen molar-refractivity contribution in [1.29, 1.82) is 0 Å². The van der Waals surface area contributed by atoms with Gasteiger partial charge in [0.05, 0.1) is 106 Å². The summed E-state index contributed by atoms with van der Waals surface area (Å²) in [5, 5.41) is 33.7. The molecule has 0 heterocycles. The molecule has 0 aromatic heterocycles. The Labute approximate surface area is 850 Å². The highest BCUT2D eigenvalue weighted by atomic mass is 32.3. The fourth-order valence-corrected chi connectivity index (χ4v) is 16.3. The summed E-state index contributed by atoms with van der Waals surface area (Å²) >= 11 is 0. The van der Waals surface area contributed by atoms with E-state index >= 15 is 0 Å². The summed E-state index contributed by atoms with van der Waals surface area (Å²) in [6.07, 6.45) is 4.21. The minimum Gasteiger partial charge on any atom is -0.368 e. The summed E-state index contributed by atoms with van der Waals surface area (Å²) in [7, 11) is -30.6. The van der Waals surface area contributed by atoms with E-state index in [0.29, 0.717) is 95.9 Å². The van der Waals surface area contributed by atoms with Gasteiger partial charge in [-0.15, -0.1) is 0 Å². The predicted molar refractivity (Wildman–Crippen MR) is 549 cm³/mol. The number of amides is 9. The lowest BCUT2D eigenvalue weighted by Crippen LogP contribution is -2.50. The van der Waals surface area contributed by atoms with Gasteiger partial charge in [-0.1, -0.05) is 138 Å². The highest BCUT2D eigenvalue weighted by molar-refractivity contribution is 7.87. The molecule has 0 fully saturated rings. The largest absolute Gasteiger partial charge is 0.368 e. The van der Waals surface area contributed by atoms with Gasteiger partial charge in [-0.05, 0) is 188 Å². The summed E-state index contributed by atoms with van der Waals surface area (Å²) in [4.78, 5) is 100. The van der Waals surface area contributed by atoms with Gasteiger partial charge in [0, 0.05) is 21.1 Å². The van der Waals surface area contributed by atoms with Crippen LogP contribution in [0.1, 0.15) is 216 Å². The van der Waals surface area contributed by atoms with Crippen LogP contribution in [-0.2, 0) is 134 Å². The molecule has 0 aliphatic rings. The van der Waals surface area contributed by atoms with Crippen molar-refractivity contribution in [2.45, 2.75) is 270 Å². The molecular weight excluding hydrogens is 2080 g/mol. The lowest BCUT2D eigenvalue weighted by atomic mass is 9.86. The third-order valence-corrected chi connectivity index (χ3v) is 25.8. The first-order chi connectivity index (χ1) is 64.3. The van der Waals surface area contributed by atoms with Gasteiger partial charge >= 0.3 is 0 Å². The molecule has 9 atom stereocenters. The fraction of sp³-hybridized carbons (Fsp3) is 0.887. The van der Waals surface area contributed by atoms with Crippen LogP contribution in [0.3, 0.4) is 0 Å². The number of rotatable bonds is 64. The normalized spacial score (nSPS) is 14.1. The Morgan fingerprint density at radius 2 is 0.378 bits per heavy atom. The Balaban J connectivity index is -0.000000202. The van der Waals surface area contributed by atoms with Crippen LogP contribution in [-0.4, -0.2) is 356 Å². The molecule has 0 saturated carbocycles. The van der Waals surface area contributed by atoms with E-state index in [-0.39, 0.29) is 180 Å². The fourth-order valence-electron chi connectivity index (χ4n) is 11.7. The smallest absolute Gasteiger partial charge is 0.264 e. The molecule has 0 radical (unpaired) electrons. The maximum Gasteiger partial charge on any atom is 0.264 e. The van der Waals surface area contributed by atoms with E-state index in [9.17, 15) is 119 Å². The van der Waals surface area contributed by atoms with Crippen LogP contribution in [0.4, 0.5) is 0 Å². The summed E-state index contributed by atoms with van der Waals surface area (Å²) in [6.45, 7) is 41.1. The Bertz CT molecular complexity index is 4430. The third-order valence-electron chi connectivity index (χ3n) is 18.5. The van der Waals surface area contributed by atoms with Gasteiger partial charge in [0.25, 0.3) is 91.1 Å². The molecule has 33 N–H and O–H groups in total. The molecule has 54 nitrogen and oxygen atoms in total. The number of carbonyl (C=O) groups is 9. The molecule has 63 heteroatoms. The zero-order chi connectivity index (χ0) is 115. The van der Waals surface area contributed by atoms with E-state index in [0.717, 1.165) is 0 Å². The van der Waals surface area contributed by atoms with Crippen LogP contribution >= 0.6 is 0 Å². The van der Waals surface area contributed by atoms with Crippen molar-refractivity contribution in [3.63, 3.8) is 0 Å². The van der Waals surface area contributed by atoms with Crippen LogP contribution in [0.5, 0.6) is 0 Å². The molecule has 0 unspecified atom stereocenters. The zero-order valence-electron chi connectivity index (χ0n) is 87.1. The number of carbonyl (C=O) groups excluding carboxylic acids is 9. The average molecular weight is 2260 g/mol. The Kier molecular flexibility index (Phi) is 85.7. The maximum atomic E-state index is 11.5. The molecule has 0 saturated heterocycles. The molecule has 0 rings (SSSR count). The monoisotopic (exact) mass is 2260 g/mol. The quantitative estimate of drug-likeness (QED) is 0.0213. The minimum atomic E-state index is -3.93. The number of nitrogens with one attached hydrogen (secondary N) is 12. The number of hydrogen-bond acceptors (Lipinski definition) is 36. The molecule has 9 amide bonds. The Morgan fingerprint density at radius 3 is 0.510 bits per heavy atom. The summed E-state index contributed by atoms with van der Waals surface area (Å²) in [5.74, 6) is -4.54. The van der Waals surface area contributed by atoms with Crippen molar-refractivity contribution in [1.82, 2.24) is 63.8 Å². The molecule has 858 valence electrons. The molecular formula is C80H178N18O36S9. The first-order valence-corrected chi connectivity index (χ1v) is 60.4. The number of hydrogen-bond donors (Lipinski definition) is 27. The van der Waals surface area contributed by atoms with E-state index in [1.165, 1.54) is 0 Å². The van der Waals surface area contributed by atoms with Gasteiger partial charge in [0.1, 0.15) is 0 Å². The van der Waals surface area contributed by atoms with Crippen molar-refractivity contribution in [2.24, 2.45) is 86.7 Å². The first-order valence-electron chi connectivity index (χ1n) is 45.9. The first kappa shape index (κ1) is 155. The van der Waals surface area contributed by atoms with E-state index in [2.05, 4.69) is 63.8 Å². The lowest BCUT2D eigenvalue weighted by molar-refractivity contribution is -0.124. The third kappa shape index (κ3) is 112. The summed E-state index contributed by atoms with van der Waals surface area (Å²) in [5.41, 5.74) is 30.4.